The summed E-state index contributed by atoms with van der Waals surface area (Å²) in [5, 5.41) is 3.30. The molecule has 0 aromatic heterocycles. The second kappa shape index (κ2) is 6.51. The Morgan fingerprint density at radius 2 is 2.07 bits per heavy atom. The quantitative estimate of drug-likeness (QED) is 0.830. The predicted octanol–water partition coefficient (Wildman–Crippen LogP) is 3.59. The average Bonchev–Trinajstić information content (AvgIpc) is 2.14. The Bertz CT molecular complexity index is 315. The summed E-state index contributed by atoms with van der Waals surface area (Å²) in [5.41, 5.74) is 0. The molecule has 1 N–H and O–H groups in total. The molecule has 0 unspecified atom stereocenters. The van der Waals surface area contributed by atoms with E-state index in [1.54, 1.807) is 0 Å². The largest absolute Gasteiger partial charge is 0.491 e. The van der Waals surface area contributed by atoms with E-state index >= 15 is 0 Å². The van der Waals surface area contributed by atoms with Crippen LogP contribution in [0, 0.1) is 0 Å². The van der Waals surface area contributed by atoms with Crippen molar-refractivity contribution in [1.82, 2.24) is 5.32 Å². The number of halogens is 2. The number of ether oxygens (including phenoxy) is 1. The van der Waals surface area contributed by atoms with Crippen LogP contribution >= 0.6 is 31.9 Å². The SMILES string of the molecule is CC(C)NCCOc1ccc(Br)cc1Br. The highest BCUT2D eigenvalue weighted by Crippen LogP contribution is 2.27. The molecular formula is C11H15Br2NO. The molecule has 84 valence electrons. The van der Waals surface area contributed by atoms with E-state index in [9.17, 15) is 0 Å². The maximum Gasteiger partial charge on any atom is 0.133 e. The summed E-state index contributed by atoms with van der Waals surface area (Å²) in [6.45, 7) is 5.78. The van der Waals surface area contributed by atoms with Gasteiger partial charge in [-0.15, -0.1) is 0 Å². The second-order valence-corrected chi connectivity index (χ2v) is 5.30. The minimum Gasteiger partial charge on any atom is -0.491 e. The van der Waals surface area contributed by atoms with Gasteiger partial charge < -0.3 is 10.1 Å². The van der Waals surface area contributed by atoms with E-state index in [2.05, 4.69) is 51.0 Å². The van der Waals surface area contributed by atoms with Gasteiger partial charge in [-0.2, -0.15) is 0 Å². The van der Waals surface area contributed by atoms with Crippen LogP contribution in [-0.2, 0) is 0 Å². The lowest BCUT2D eigenvalue weighted by Gasteiger charge is -2.10. The number of benzene rings is 1. The highest BCUT2D eigenvalue weighted by atomic mass is 79.9. The molecule has 0 heterocycles. The zero-order chi connectivity index (χ0) is 11.3. The molecule has 0 amide bonds. The van der Waals surface area contributed by atoms with Crippen LogP contribution in [-0.4, -0.2) is 19.2 Å². The Kier molecular flexibility index (Phi) is 5.64. The first kappa shape index (κ1) is 13.0. The molecule has 0 aliphatic carbocycles. The third-order valence-electron chi connectivity index (χ3n) is 1.81. The van der Waals surface area contributed by atoms with E-state index in [1.165, 1.54) is 0 Å². The topological polar surface area (TPSA) is 21.3 Å². The van der Waals surface area contributed by atoms with E-state index in [1.807, 2.05) is 18.2 Å². The number of hydrogen-bond acceptors (Lipinski definition) is 2. The van der Waals surface area contributed by atoms with Gasteiger partial charge >= 0.3 is 0 Å². The molecule has 0 aliphatic heterocycles. The lowest BCUT2D eigenvalue weighted by atomic mass is 10.3. The van der Waals surface area contributed by atoms with Gasteiger partial charge in [0.1, 0.15) is 12.4 Å². The van der Waals surface area contributed by atoms with Crippen LogP contribution in [0.15, 0.2) is 27.1 Å². The van der Waals surface area contributed by atoms with Crippen molar-refractivity contribution in [3.63, 3.8) is 0 Å². The lowest BCUT2D eigenvalue weighted by Crippen LogP contribution is -2.27. The molecule has 0 atom stereocenters. The van der Waals surface area contributed by atoms with Crippen LogP contribution in [0.1, 0.15) is 13.8 Å². The Labute approximate surface area is 108 Å². The van der Waals surface area contributed by atoms with E-state index in [4.69, 9.17) is 4.74 Å². The first-order valence-corrected chi connectivity index (χ1v) is 6.49. The van der Waals surface area contributed by atoms with Gasteiger partial charge in [-0.05, 0) is 34.1 Å². The van der Waals surface area contributed by atoms with Crippen LogP contribution in [0.3, 0.4) is 0 Å². The summed E-state index contributed by atoms with van der Waals surface area (Å²) in [7, 11) is 0. The third kappa shape index (κ3) is 5.00. The fraction of sp³-hybridized carbons (Fsp3) is 0.455. The Balaban J connectivity index is 2.37. The molecule has 1 aromatic carbocycles. The molecule has 0 bridgehead atoms. The normalized spacial score (nSPS) is 10.7. The first-order valence-electron chi connectivity index (χ1n) is 4.91. The van der Waals surface area contributed by atoms with Crippen LogP contribution in [0.25, 0.3) is 0 Å². The van der Waals surface area contributed by atoms with E-state index in [-0.39, 0.29) is 0 Å². The Hall–Kier alpha value is -0.0600. The monoisotopic (exact) mass is 335 g/mol. The molecule has 0 fully saturated rings. The fourth-order valence-electron chi connectivity index (χ4n) is 1.10. The maximum atomic E-state index is 5.61. The van der Waals surface area contributed by atoms with Crippen molar-refractivity contribution in [2.45, 2.75) is 19.9 Å². The van der Waals surface area contributed by atoms with Crippen LogP contribution in [0.4, 0.5) is 0 Å². The summed E-state index contributed by atoms with van der Waals surface area (Å²) in [4.78, 5) is 0. The van der Waals surface area contributed by atoms with Crippen LogP contribution < -0.4 is 10.1 Å². The molecule has 0 saturated carbocycles. The van der Waals surface area contributed by atoms with Gasteiger partial charge in [-0.25, -0.2) is 0 Å². The highest BCUT2D eigenvalue weighted by molar-refractivity contribution is 9.11. The van der Waals surface area contributed by atoms with Gasteiger partial charge in [0.2, 0.25) is 0 Å². The summed E-state index contributed by atoms with van der Waals surface area (Å²) in [5.74, 6) is 0.878. The van der Waals surface area contributed by atoms with Crippen LogP contribution in [0.2, 0.25) is 0 Å². The van der Waals surface area contributed by atoms with Crippen molar-refractivity contribution >= 4 is 31.9 Å². The summed E-state index contributed by atoms with van der Waals surface area (Å²) in [6, 6.07) is 6.40. The van der Waals surface area contributed by atoms with Crippen LogP contribution in [0.5, 0.6) is 5.75 Å². The zero-order valence-corrected chi connectivity index (χ0v) is 12.1. The molecule has 1 rings (SSSR count). The third-order valence-corrected chi connectivity index (χ3v) is 2.92. The van der Waals surface area contributed by atoms with E-state index in [0.717, 1.165) is 21.2 Å². The van der Waals surface area contributed by atoms with Gasteiger partial charge in [0.25, 0.3) is 0 Å². The summed E-state index contributed by atoms with van der Waals surface area (Å²) < 4.78 is 7.63. The minimum absolute atomic E-state index is 0.502. The zero-order valence-electron chi connectivity index (χ0n) is 8.89. The average molecular weight is 337 g/mol. The van der Waals surface area contributed by atoms with Crippen molar-refractivity contribution in [3.8, 4) is 5.75 Å². The minimum atomic E-state index is 0.502. The van der Waals surface area contributed by atoms with Crippen molar-refractivity contribution in [2.24, 2.45) is 0 Å². The Morgan fingerprint density at radius 1 is 1.33 bits per heavy atom. The lowest BCUT2D eigenvalue weighted by molar-refractivity contribution is 0.307. The van der Waals surface area contributed by atoms with Gasteiger partial charge in [-0.1, -0.05) is 29.8 Å². The van der Waals surface area contributed by atoms with Crippen molar-refractivity contribution < 1.29 is 4.74 Å². The molecule has 0 aliphatic rings. The van der Waals surface area contributed by atoms with Gasteiger partial charge in [-0.3, -0.25) is 0 Å². The fourth-order valence-corrected chi connectivity index (χ4v) is 2.26. The summed E-state index contributed by atoms with van der Waals surface area (Å²) >= 11 is 6.85. The van der Waals surface area contributed by atoms with Crippen molar-refractivity contribution in [2.75, 3.05) is 13.2 Å². The highest BCUT2D eigenvalue weighted by Gasteiger charge is 2.01. The second-order valence-electron chi connectivity index (χ2n) is 3.53. The first-order chi connectivity index (χ1) is 7.09. The molecule has 2 nitrogen and oxygen atoms in total. The summed E-state index contributed by atoms with van der Waals surface area (Å²) in [6.07, 6.45) is 0. The molecule has 15 heavy (non-hydrogen) atoms. The maximum absolute atomic E-state index is 5.61. The molecular weight excluding hydrogens is 322 g/mol. The standard InChI is InChI=1S/C11H15Br2NO/c1-8(2)14-5-6-15-11-4-3-9(12)7-10(11)13/h3-4,7-8,14H,5-6H2,1-2H3. The van der Waals surface area contributed by atoms with Gasteiger partial charge in [0.05, 0.1) is 4.47 Å². The molecule has 0 saturated heterocycles. The number of rotatable bonds is 5. The Morgan fingerprint density at radius 3 is 2.67 bits per heavy atom. The predicted molar refractivity (Wildman–Crippen MR) is 70.5 cm³/mol. The molecule has 4 heteroatoms. The van der Waals surface area contributed by atoms with Gasteiger partial charge in [0.15, 0.2) is 0 Å². The molecule has 0 spiro atoms. The number of nitrogens with one attached hydrogen (secondary N) is 1. The van der Waals surface area contributed by atoms with Gasteiger partial charge in [0, 0.05) is 17.1 Å². The van der Waals surface area contributed by atoms with Crippen molar-refractivity contribution in [1.29, 1.82) is 0 Å². The molecule has 1 aromatic rings. The van der Waals surface area contributed by atoms with E-state index in [0.29, 0.717) is 12.6 Å². The van der Waals surface area contributed by atoms with Crippen molar-refractivity contribution in [3.05, 3.63) is 27.1 Å². The van der Waals surface area contributed by atoms with E-state index < -0.39 is 0 Å². The smallest absolute Gasteiger partial charge is 0.133 e. The molecule has 0 radical (unpaired) electrons. The number of hydrogen-bond donors (Lipinski definition) is 1.